The molecule has 0 saturated heterocycles. The summed E-state index contributed by atoms with van der Waals surface area (Å²) in [4.78, 5) is 12.7. The van der Waals surface area contributed by atoms with Crippen LogP contribution in [0.25, 0.3) is 0 Å². The van der Waals surface area contributed by atoms with E-state index in [9.17, 15) is 4.79 Å². The van der Waals surface area contributed by atoms with Gasteiger partial charge in [-0.3, -0.25) is 4.79 Å². The summed E-state index contributed by atoms with van der Waals surface area (Å²) in [7, 11) is 0. The number of hydrogen-bond acceptors (Lipinski definition) is 2. The highest BCUT2D eigenvalue weighted by Crippen LogP contribution is 2.19. The topological polar surface area (TPSA) is 22.0 Å². The van der Waals surface area contributed by atoms with Gasteiger partial charge in [0.15, 0.2) is 5.78 Å². The maximum atomic E-state index is 11.4. The van der Waals surface area contributed by atoms with Gasteiger partial charge < -0.3 is 4.57 Å². The number of carbonyl (C=O) groups is 1. The van der Waals surface area contributed by atoms with Crippen molar-refractivity contribution in [2.75, 3.05) is 0 Å². The Morgan fingerprint density at radius 3 is 2.69 bits per heavy atom. The monoisotopic (exact) mass is 233 g/mol. The van der Waals surface area contributed by atoms with E-state index in [1.165, 1.54) is 4.88 Å². The lowest BCUT2D eigenvalue weighted by atomic mass is 10.2. The average molecular weight is 233 g/mol. The van der Waals surface area contributed by atoms with Crippen LogP contribution < -0.4 is 0 Å². The fraction of sp³-hybridized carbons (Fsp3) is 0.308. The Hall–Kier alpha value is -1.35. The van der Waals surface area contributed by atoms with Gasteiger partial charge in [0.2, 0.25) is 0 Å². The molecule has 3 heteroatoms. The summed E-state index contributed by atoms with van der Waals surface area (Å²) < 4.78 is 2.20. The molecule has 0 aliphatic heterocycles. The SMILES string of the molecule is CC(=O)c1cc(C)n(Cc2cccs2)c1C. The van der Waals surface area contributed by atoms with Gasteiger partial charge in [-0.05, 0) is 38.3 Å². The molecule has 0 amide bonds. The van der Waals surface area contributed by atoms with Crippen molar-refractivity contribution in [1.82, 2.24) is 4.57 Å². The molecule has 0 bridgehead atoms. The van der Waals surface area contributed by atoms with Crippen LogP contribution in [-0.4, -0.2) is 10.4 Å². The van der Waals surface area contributed by atoms with E-state index in [1.54, 1.807) is 18.3 Å². The Balaban J connectivity index is 2.38. The van der Waals surface area contributed by atoms with Crippen molar-refractivity contribution in [3.05, 3.63) is 45.4 Å². The van der Waals surface area contributed by atoms with Gasteiger partial charge in [0.1, 0.15) is 0 Å². The first-order valence-electron chi connectivity index (χ1n) is 5.29. The predicted molar refractivity (Wildman–Crippen MR) is 67.3 cm³/mol. The molecular formula is C13H15NOS. The molecule has 84 valence electrons. The van der Waals surface area contributed by atoms with E-state index in [1.807, 2.05) is 19.9 Å². The van der Waals surface area contributed by atoms with Crippen LogP contribution in [-0.2, 0) is 6.54 Å². The van der Waals surface area contributed by atoms with E-state index in [-0.39, 0.29) is 5.78 Å². The third-order valence-corrected chi connectivity index (χ3v) is 3.71. The summed E-state index contributed by atoms with van der Waals surface area (Å²) in [6.45, 7) is 6.55. The Kier molecular flexibility index (Phi) is 2.97. The van der Waals surface area contributed by atoms with Crippen molar-refractivity contribution in [2.45, 2.75) is 27.3 Å². The van der Waals surface area contributed by atoms with Crippen molar-refractivity contribution < 1.29 is 4.79 Å². The minimum atomic E-state index is 0.144. The smallest absolute Gasteiger partial charge is 0.161 e. The van der Waals surface area contributed by atoms with E-state index in [4.69, 9.17) is 0 Å². The van der Waals surface area contributed by atoms with Crippen molar-refractivity contribution in [3.63, 3.8) is 0 Å². The van der Waals surface area contributed by atoms with Crippen molar-refractivity contribution in [1.29, 1.82) is 0 Å². The van der Waals surface area contributed by atoms with Crippen LogP contribution in [0.4, 0.5) is 0 Å². The number of hydrogen-bond donors (Lipinski definition) is 0. The standard InChI is InChI=1S/C13H15NOS/c1-9-7-13(11(3)15)10(2)14(9)8-12-5-4-6-16-12/h4-7H,8H2,1-3H3. The van der Waals surface area contributed by atoms with Crippen LogP contribution in [0, 0.1) is 13.8 Å². The maximum absolute atomic E-state index is 11.4. The number of Topliss-reactive ketones (excluding diaryl/α,β-unsaturated/α-hetero) is 1. The van der Waals surface area contributed by atoms with Gasteiger partial charge in [-0.15, -0.1) is 11.3 Å². The summed E-state index contributed by atoms with van der Waals surface area (Å²) in [5.74, 6) is 0.144. The first-order valence-corrected chi connectivity index (χ1v) is 6.17. The van der Waals surface area contributed by atoms with Gasteiger partial charge in [0, 0.05) is 21.8 Å². The molecular weight excluding hydrogens is 218 g/mol. The molecule has 0 spiro atoms. The third kappa shape index (κ3) is 1.95. The highest BCUT2D eigenvalue weighted by Gasteiger charge is 2.12. The molecule has 0 N–H and O–H groups in total. The first-order chi connectivity index (χ1) is 7.59. The number of ketones is 1. The average Bonchev–Trinajstić information content (AvgIpc) is 2.81. The van der Waals surface area contributed by atoms with Gasteiger partial charge in [0.25, 0.3) is 0 Å². The third-order valence-electron chi connectivity index (χ3n) is 2.85. The zero-order valence-electron chi connectivity index (χ0n) is 9.78. The number of rotatable bonds is 3. The van der Waals surface area contributed by atoms with E-state index in [0.717, 1.165) is 23.5 Å². The van der Waals surface area contributed by atoms with Crippen molar-refractivity contribution in [2.24, 2.45) is 0 Å². The van der Waals surface area contributed by atoms with Crippen LogP contribution in [0.1, 0.15) is 33.5 Å². The number of carbonyl (C=O) groups excluding carboxylic acids is 1. The summed E-state index contributed by atoms with van der Waals surface area (Å²) in [6.07, 6.45) is 0. The van der Waals surface area contributed by atoms with Gasteiger partial charge in [-0.2, -0.15) is 0 Å². The lowest BCUT2D eigenvalue weighted by Crippen LogP contribution is -2.03. The summed E-state index contributed by atoms with van der Waals surface area (Å²) in [5.41, 5.74) is 3.06. The molecule has 0 unspecified atom stereocenters. The largest absolute Gasteiger partial charge is 0.343 e. The highest BCUT2D eigenvalue weighted by molar-refractivity contribution is 7.09. The molecule has 2 aromatic rings. The molecule has 16 heavy (non-hydrogen) atoms. The van der Waals surface area contributed by atoms with Gasteiger partial charge in [0.05, 0.1) is 6.54 Å². The van der Waals surface area contributed by atoms with E-state index in [0.29, 0.717) is 0 Å². The number of nitrogens with zero attached hydrogens (tertiary/aromatic N) is 1. The maximum Gasteiger partial charge on any atom is 0.161 e. The molecule has 0 aliphatic carbocycles. The zero-order valence-corrected chi connectivity index (χ0v) is 10.6. The van der Waals surface area contributed by atoms with E-state index in [2.05, 4.69) is 22.1 Å². The second-order valence-corrected chi connectivity index (χ2v) is 5.04. The minimum absolute atomic E-state index is 0.144. The molecule has 0 atom stereocenters. The Morgan fingerprint density at radius 2 is 2.19 bits per heavy atom. The first kappa shape index (κ1) is 11.1. The number of thiophene rings is 1. The van der Waals surface area contributed by atoms with Crippen molar-refractivity contribution in [3.8, 4) is 0 Å². The second kappa shape index (κ2) is 4.26. The van der Waals surface area contributed by atoms with Crippen LogP contribution in [0.5, 0.6) is 0 Å². The fourth-order valence-corrected chi connectivity index (χ4v) is 2.65. The highest BCUT2D eigenvalue weighted by atomic mass is 32.1. The van der Waals surface area contributed by atoms with Gasteiger partial charge in [-0.1, -0.05) is 6.07 Å². The minimum Gasteiger partial charge on any atom is -0.343 e. The lowest BCUT2D eigenvalue weighted by Gasteiger charge is -2.07. The van der Waals surface area contributed by atoms with E-state index >= 15 is 0 Å². The fourth-order valence-electron chi connectivity index (χ4n) is 1.96. The zero-order chi connectivity index (χ0) is 11.7. The molecule has 0 fully saturated rings. The molecule has 0 saturated carbocycles. The number of aryl methyl sites for hydroxylation is 1. The molecule has 0 aliphatic rings. The molecule has 2 heterocycles. The van der Waals surface area contributed by atoms with Gasteiger partial charge in [-0.25, -0.2) is 0 Å². The summed E-state index contributed by atoms with van der Waals surface area (Å²) in [5, 5.41) is 2.08. The predicted octanol–water partition coefficient (Wildman–Crippen LogP) is 3.42. The van der Waals surface area contributed by atoms with Crippen LogP contribution in [0.2, 0.25) is 0 Å². The molecule has 2 rings (SSSR count). The van der Waals surface area contributed by atoms with E-state index < -0.39 is 0 Å². The normalized spacial score (nSPS) is 10.7. The Morgan fingerprint density at radius 1 is 1.44 bits per heavy atom. The second-order valence-electron chi connectivity index (χ2n) is 4.01. The Bertz CT molecular complexity index is 508. The molecule has 0 radical (unpaired) electrons. The van der Waals surface area contributed by atoms with Crippen LogP contribution in [0.15, 0.2) is 23.6 Å². The van der Waals surface area contributed by atoms with Crippen LogP contribution >= 0.6 is 11.3 Å². The molecule has 0 aromatic carbocycles. The van der Waals surface area contributed by atoms with Crippen molar-refractivity contribution >= 4 is 17.1 Å². The summed E-state index contributed by atoms with van der Waals surface area (Å²) >= 11 is 1.75. The Labute approximate surface area is 99.5 Å². The molecule has 2 aromatic heterocycles. The number of aromatic nitrogens is 1. The quantitative estimate of drug-likeness (QED) is 0.745. The lowest BCUT2D eigenvalue weighted by molar-refractivity contribution is 0.101. The van der Waals surface area contributed by atoms with Gasteiger partial charge >= 0.3 is 0 Å². The molecule has 2 nitrogen and oxygen atoms in total. The summed E-state index contributed by atoms with van der Waals surface area (Å²) in [6, 6.07) is 6.16. The van der Waals surface area contributed by atoms with Crippen LogP contribution in [0.3, 0.4) is 0 Å².